The summed E-state index contributed by atoms with van der Waals surface area (Å²) >= 11 is 0. The smallest absolute Gasteiger partial charge is 0.0535 e. The molecule has 1 aromatic rings. The standard InChI is InChI=1S/C17H26N2/c1-4-9-16-13-18-17(3,14-19(16)12-5-2)15-10-7-6-8-11-15/h5-8,10-11,16,18H,2,4,9,12-14H2,1,3H3. The van der Waals surface area contributed by atoms with Crippen molar-refractivity contribution in [3.63, 3.8) is 0 Å². The first-order valence-electron chi connectivity index (χ1n) is 7.35. The van der Waals surface area contributed by atoms with Gasteiger partial charge in [0, 0.05) is 25.7 Å². The first kappa shape index (κ1) is 14.3. The second-order valence-electron chi connectivity index (χ2n) is 5.74. The largest absolute Gasteiger partial charge is 0.305 e. The molecule has 1 heterocycles. The summed E-state index contributed by atoms with van der Waals surface area (Å²) < 4.78 is 0. The molecule has 0 radical (unpaired) electrons. The van der Waals surface area contributed by atoms with Crippen molar-refractivity contribution in [2.45, 2.75) is 38.3 Å². The van der Waals surface area contributed by atoms with Gasteiger partial charge < -0.3 is 5.32 Å². The molecule has 1 aliphatic rings. The lowest BCUT2D eigenvalue weighted by Crippen LogP contribution is -2.61. The van der Waals surface area contributed by atoms with Crippen LogP contribution in [0.1, 0.15) is 32.3 Å². The Kier molecular flexibility index (Phi) is 4.78. The van der Waals surface area contributed by atoms with Crippen molar-refractivity contribution in [3.8, 4) is 0 Å². The van der Waals surface area contributed by atoms with Crippen molar-refractivity contribution >= 4 is 0 Å². The minimum atomic E-state index is 0.0501. The number of hydrogen-bond donors (Lipinski definition) is 1. The molecule has 0 aliphatic carbocycles. The van der Waals surface area contributed by atoms with E-state index in [4.69, 9.17) is 0 Å². The molecule has 0 aromatic heterocycles. The maximum Gasteiger partial charge on any atom is 0.0535 e. The van der Waals surface area contributed by atoms with Crippen molar-refractivity contribution in [1.29, 1.82) is 0 Å². The van der Waals surface area contributed by atoms with Crippen LogP contribution >= 0.6 is 0 Å². The van der Waals surface area contributed by atoms with Crippen LogP contribution in [-0.4, -0.2) is 30.6 Å². The predicted molar refractivity (Wildman–Crippen MR) is 82.3 cm³/mol. The molecule has 1 aromatic carbocycles. The van der Waals surface area contributed by atoms with E-state index in [0.29, 0.717) is 6.04 Å². The van der Waals surface area contributed by atoms with Gasteiger partial charge in [-0.1, -0.05) is 49.8 Å². The summed E-state index contributed by atoms with van der Waals surface area (Å²) in [5, 5.41) is 3.76. The van der Waals surface area contributed by atoms with Gasteiger partial charge in [-0.15, -0.1) is 6.58 Å². The van der Waals surface area contributed by atoms with Gasteiger partial charge in [-0.25, -0.2) is 0 Å². The Labute approximate surface area is 117 Å². The molecule has 2 atom stereocenters. The van der Waals surface area contributed by atoms with Crippen molar-refractivity contribution in [2.24, 2.45) is 0 Å². The fraction of sp³-hybridized carbons (Fsp3) is 0.529. The van der Waals surface area contributed by atoms with Crippen LogP contribution in [0, 0.1) is 0 Å². The topological polar surface area (TPSA) is 15.3 Å². The second kappa shape index (κ2) is 6.36. The number of piperazine rings is 1. The predicted octanol–water partition coefficient (Wildman–Crippen LogP) is 3.16. The van der Waals surface area contributed by atoms with E-state index in [2.05, 4.69) is 61.0 Å². The zero-order chi connectivity index (χ0) is 13.7. The average molecular weight is 258 g/mol. The van der Waals surface area contributed by atoms with E-state index in [1.807, 2.05) is 6.08 Å². The Balaban J connectivity index is 2.15. The SMILES string of the molecule is C=CCN1CC(C)(c2ccccc2)NCC1CCC. The molecule has 2 heteroatoms. The summed E-state index contributed by atoms with van der Waals surface area (Å²) in [5.41, 5.74) is 1.42. The van der Waals surface area contributed by atoms with E-state index < -0.39 is 0 Å². The highest BCUT2D eigenvalue weighted by Gasteiger charge is 2.35. The molecule has 0 amide bonds. The highest BCUT2D eigenvalue weighted by molar-refractivity contribution is 5.25. The van der Waals surface area contributed by atoms with Crippen LogP contribution in [0.15, 0.2) is 43.0 Å². The Hall–Kier alpha value is -1.12. The normalized spacial score (nSPS) is 28.2. The van der Waals surface area contributed by atoms with Crippen LogP contribution in [0.25, 0.3) is 0 Å². The molecule has 0 bridgehead atoms. The number of rotatable bonds is 5. The zero-order valence-corrected chi connectivity index (χ0v) is 12.2. The van der Waals surface area contributed by atoms with E-state index in [-0.39, 0.29) is 5.54 Å². The molecule has 1 saturated heterocycles. The van der Waals surface area contributed by atoms with Crippen LogP contribution < -0.4 is 5.32 Å². The maximum absolute atomic E-state index is 3.91. The highest BCUT2D eigenvalue weighted by Crippen LogP contribution is 2.27. The molecule has 2 rings (SSSR count). The van der Waals surface area contributed by atoms with Crippen LogP contribution in [0.5, 0.6) is 0 Å². The quantitative estimate of drug-likeness (QED) is 0.816. The number of nitrogens with zero attached hydrogens (tertiary/aromatic N) is 1. The second-order valence-corrected chi connectivity index (χ2v) is 5.74. The Morgan fingerprint density at radius 3 is 2.79 bits per heavy atom. The summed E-state index contributed by atoms with van der Waals surface area (Å²) in [5.74, 6) is 0. The van der Waals surface area contributed by atoms with Crippen LogP contribution in [0.2, 0.25) is 0 Å². The van der Waals surface area contributed by atoms with Gasteiger partial charge in [0.05, 0.1) is 5.54 Å². The lowest BCUT2D eigenvalue weighted by atomic mass is 9.87. The van der Waals surface area contributed by atoms with Gasteiger partial charge in [-0.3, -0.25) is 4.90 Å². The van der Waals surface area contributed by atoms with Crippen LogP contribution in [0.4, 0.5) is 0 Å². The molecule has 0 spiro atoms. The van der Waals surface area contributed by atoms with Crippen LogP contribution in [0.3, 0.4) is 0 Å². The number of hydrogen-bond acceptors (Lipinski definition) is 2. The van der Waals surface area contributed by atoms with E-state index >= 15 is 0 Å². The average Bonchev–Trinajstić information content (AvgIpc) is 2.44. The molecule has 0 saturated carbocycles. The lowest BCUT2D eigenvalue weighted by molar-refractivity contribution is 0.0916. The fourth-order valence-corrected chi connectivity index (χ4v) is 3.06. The van der Waals surface area contributed by atoms with Gasteiger partial charge in [-0.2, -0.15) is 0 Å². The zero-order valence-electron chi connectivity index (χ0n) is 12.2. The first-order valence-corrected chi connectivity index (χ1v) is 7.35. The summed E-state index contributed by atoms with van der Waals surface area (Å²) in [6.45, 7) is 11.6. The molecule has 2 nitrogen and oxygen atoms in total. The van der Waals surface area contributed by atoms with E-state index in [9.17, 15) is 0 Å². The number of nitrogens with one attached hydrogen (secondary N) is 1. The Morgan fingerprint density at radius 2 is 2.16 bits per heavy atom. The van der Waals surface area contributed by atoms with E-state index in [0.717, 1.165) is 19.6 Å². The van der Waals surface area contributed by atoms with Crippen molar-refractivity contribution in [3.05, 3.63) is 48.6 Å². The van der Waals surface area contributed by atoms with Gasteiger partial charge >= 0.3 is 0 Å². The first-order chi connectivity index (χ1) is 9.19. The molecule has 1 fully saturated rings. The van der Waals surface area contributed by atoms with Crippen molar-refractivity contribution in [1.82, 2.24) is 10.2 Å². The molecule has 2 unspecified atom stereocenters. The Morgan fingerprint density at radius 1 is 1.42 bits per heavy atom. The van der Waals surface area contributed by atoms with E-state index in [1.165, 1.54) is 18.4 Å². The lowest BCUT2D eigenvalue weighted by Gasteiger charge is -2.46. The van der Waals surface area contributed by atoms with E-state index in [1.54, 1.807) is 0 Å². The Bertz CT molecular complexity index is 401. The highest BCUT2D eigenvalue weighted by atomic mass is 15.2. The molecule has 19 heavy (non-hydrogen) atoms. The van der Waals surface area contributed by atoms with Gasteiger partial charge in [0.2, 0.25) is 0 Å². The van der Waals surface area contributed by atoms with Crippen LogP contribution in [-0.2, 0) is 5.54 Å². The molecular formula is C17H26N2. The minimum Gasteiger partial charge on any atom is -0.305 e. The summed E-state index contributed by atoms with van der Waals surface area (Å²) in [6.07, 6.45) is 4.52. The third kappa shape index (κ3) is 3.26. The van der Waals surface area contributed by atoms with Crippen molar-refractivity contribution < 1.29 is 0 Å². The maximum atomic E-state index is 3.91. The van der Waals surface area contributed by atoms with Gasteiger partial charge in [-0.05, 0) is 18.9 Å². The van der Waals surface area contributed by atoms with Gasteiger partial charge in [0.15, 0.2) is 0 Å². The van der Waals surface area contributed by atoms with Gasteiger partial charge in [0.25, 0.3) is 0 Å². The summed E-state index contributed by atoms with van der Waals surface area (Å²) in [7, 11) is 0. The summed E-state index contributed by atoms with van der Waals surface area (Å²) in [6, 6.07) is 11.4. The molecule has 1 aliphatic heterocycles. The molecule has 1 N–H and O–H groups in total. The molecular weight excluding hydrogens is 232 g/mol. The monoisotopic (exact) mass is 258 g/mol. The molecule has 104 valence electrons. The number of benzene rings is 1. The van der Waals surface area contributed by atoms with Gasteiger partial charge in [0.1, 0.15) is 0 Å². The fourth-order valence-electron chi connectivity index (χ4n) is 3.06. The van der Waals surface area contributed by atoms with Crippen molar-refractivity contribution in [2.75, 3.05) is 19.6 Å². The summed E-state index contributed by atoms with van der Waals surface area (Å²) in [4.78, 5) is 2.57. The third-order valence-electron chi connectivity index (χ3n) is 4.16. The minimum absolute atomic E-state index is 0.0501. The third-order valence-corrected chi connectivity index (χ3v) is 4.16.